The Morgan fingerprint density at radius 1 is 1.33 bits per heavy atom. The fraction of sp³-hybridized carbons (Fsp3) is 0.533. The monoisotopic (exact) mass is 289 g/mol. The van der Waals surface area contributed by atoms with Crippen molar-refractivity contribution in [1.29, 1.82) is 5.26 Å². The van der Waals surface area contributed by atoms with Crippen LogP contribution in [0, 0.1) is 21.4 Å². The minimum absolute atomic E-state index is 0.115. The lowest BCUT2D eigenvalue weighted by Crippen LogP contribution is -2.45. The highest BCUT2D eigenvalue weighted by Gasteiger charge is 2.27. The van der Waals surface area contributed by atoms with Gasteiger partial charge >= 0.3 is 0 Å². The number of nitro groups is 1. The van der Waals surface area contributed by atoms with Crippen LogP contribution < -0.4 is 10.5 Å². The number of hydrogen-bond donors (Lipinski definition) is 1. The number of rotatable bonds is 4. The second kappa shape index (κ2) is 6.55. The van der Waals surface area contributed by atoms with Gasteiger partial charge in [0.25, 0.3) is 5.69 Å². The zero-order chi connectivity index (χ0) is 15.3. The Balaban J connectivity index is 2.09. The molecule has 0 unspecified atom stereocenters. The molecule has 2 rings (SSSR count). The van der Waals surface area contributed by atoms with Crippen LogP contribution in [0.15, 0.2) is 18.2 Å². The quantitative estimate of drug-likeness (QED) is 0.521. The Labute approximate surface area is 123 Å². The number of non-ortho nitro benzene ring substituents is 1. The van der Waals surface area contributed by atoms with Crippen LogP contribution in [-0.4, -0.2) is 17.1 Å². The first-order valence-electron chi connectivity index (χ1n) is 7.14. The highest BCUT2D eigenvalue weighted by atomic mass is 16.6. The summed E-state index contributed by atoms with van der Waals surface area (Å²) in [7, 11) is 0. The molecule has 0 radical (unpaired) electrons. The van der Waals surface area contributed by atoms with Crippen LogP contribution >= 0.6 is 0 Å². The molecule has 21 heavy (non-hydrogen) atoms. The molecule has 0 bridgehead atoms. The van der Waals surface area contributed by atoms with E-state index in [2.05, 4.69) is 0 Å². The summed E-state index contributed by atoms with van der Waals surface area (Å²) < 4.78 is 5.69. The Kier molecular flexibility index (Phi) is 4.76. The maximum atomic E-state index is 10.7. The number of hydrogen-bond acceptors (Lipinski definition) is 5. The average Bonchev–Trinajstić information content (AvgIpc) is 2.70. The highest BCUT2D eigenvalue weighted by molar-refractivity contribution is 5.50. The maximum Gasteiger partial charge on any atom is 0.271 e. The van der Waals surface area contributed by atoms with Gasteiger partial charge in [-0.05, 0) is 18.9 Å². The molecule has 0 aromatic heterocycles. The standard InChI is InChI=1S/C15H19N3O3/c16-10-12-9-13(18(19)20)5-6-14(12)21-11-15(17)7-3-1-2-4-8-15/h5-6,9H,1-4,7-8,11,17H2. The van der Waals surface area contributed by atoms with E-state index in [1.54, 1.807) is 0 Å². The summed E-state index contributed by atoms with van der Waals surface area (Å²) in [6.07, 6.45) is 6.38. The van der Waals surface area contributed by atoms with Gasteiger partial charge in [-0.2, -0.15) is 5.26 Å². The second-order valence-corrected chi connectivity index (χ2v) is 5.61. The van der Waals surface area contributed by atoms with Crippen molar-refractivity contribution in [3.8, 4) is 11.8 Å². The molecule has 6 heteroatoms. The van der Waals surface area contributed by atoms with E-state index in [1.165, 1.54) is 31.0 Å². The van der Waals surface area contributed by atoms with Gasteiger partial charge in [-0.1, -0.05) is 25.7 Å². The number of nitriles is 1. The van der Waals surface area contributed by atoms with E-state index < -0.39 is 4.92 Å². The van der Waals surface area contributed by atoms with E-state index in [9.17, 15) is 10.1 Å². The molecule has 0 atom stereocenters. The lowest BCUT2D eigenvalue weighted by molar-refractivity contribution is -0.384. The largest absolute Gasteiger partial charge is 0.490 e. The lowest BCUT2D eigenvalue weighted by atomic mass is 9.92. The Hall–Kier alpha value is -2.13. The first kappa shape index (κ1) is 15.3. The van der Waals surface area contributed by atoms with E-state index in [0.717, 1.165) is 25.7 Å². The molecule has 1 saturated carbocycles. The number of ether oxygens (including phenoxy) is 1. The SMILES string of the molecule is N#Cc1cc([N+](=O)[O-])ccc1OCC1(N)CCCCCC1. The van der Waals surface area contributed by atoms with Gasteiger partial charge in [0.2, 0.25) is 0 Å². The van der Waals surface area contributed by atoms with Crippen molar-refractivity contribution < 1.29 is 9.66 Å². The van der Waals surface area contributed by atoms with E-state index in [-0.39, 0.29) is 16.8 Å². The zero-order valence-electron chi connectivity index (χ0n) is 11.9. The maximum absolute atomic E-state index is 10.7. The van der Waals surface area contributed by atoms with Gasteiger partial charge in [0.1, 0.15) is 24.0 Å². The molecule has 1 aromatic rings. The molecule has 2 N–H and O–H groups in total. The third-order valence-electron chi connectivity index (χ3n) is 3.91. The van der Waals surface area contributed by atoms with Crippen LogP contribution in [0.3, 0.4) is 0 Å². The predicted octanol–water partition coefficient (Wildman–Crippen LogP) is 2.90. The smallest absolute Gasteiger partial charge is 0.271 e. The van der Waals surface area contributed by atoms with Gasteiger partial charge in [-0.15, -0.1) is 0 Å². The van der Waals surface area contributed by atoms with E-state index in [4.69, 9.17) is 15.7 Å². The van der Waals surface area contributed by atoms with Crippen molar-refractivity contribution in [3.05, 3.63) is 33.9 Å². The van der Waals surface area contributed by atoms with Crippen molar-refractivity contribution in [1.82, 2.24) is 0 Å². The van der Waals surface area contributed by atoms with Gasteiger partial charge in [-0.3, -0.25) is 10.1 Å². The number of nitro benzene ring substituents is 1. The summed E-state index contributed by atoms with van der Waals surface area (Å²) in [5.41, 5.74) is 6.04. The normalized spacial score (nSPS) is 17.5. The number of nitrogens with two attached hydrogens (primary N) is 1. The molecule has 0 amide bonds. The molecule has 0 aliphatic heterocycles. The van der Waals surface area contributed by atoms with E-state index in [1.807, 2.05) is 6.07 Å². The topological polar surface area (TPSA) is 102 Å². The van der Waals surface area contributed by atoms with Crippen molar-refractivity contribution in [2.24, 2.45) is 5.73 Å². The van der Waals surface area contributed by atoms with E-state index in [0.29, 0.717) is 12.4 Å². The molecule has 0 heterocycles. The molecule has 1 fully saturated rings. The molecule has 0 saturated heterocycles. The number of benzene rings is 1. The van der Waals surface area contributed by atoms with Crippen molar-refractivity contribution >= 4 is 5.69 Å². The minimum Gasteiger partial charge on any atom is -0.490 e. The second-order valence-electron chi connectivity index (χ2n) is 5.61. The van der Waals surface area contributed by atoms with Crippen LogP contribution in [0.4, 0.5) is 5.69 Å². The van der Waals surface area contributed by atoms with Crippen LogP contribution in [0.1, 0.15) is 44.1 Å². The fourth-order valence-corrected chi connectivity index (χ4v) is 2.64. The Morgan fingerprint density at radius 3 is 2.57 bits per heavy atom. The number of nitrogens with zero attached hydrogens (tertiary/aromatic N) is 2. The van der Waals surface area contributed by atoms with Crippen LogP contribution in [0.5, 0.6) is 5.75 Å². The molecular formula is C15H19N3O3. The minimum atomic E-state index is -0.527. The van der Waals surface area contributed by atoms with Gasteiger partial charge in [0, 0.05) is 12.1 Å². The van der Waals surface area contributed by atoms with Crippen LogP contribution in [0.2, 0.25) is 0 Å². The molecule has 0 spiro atoms. The van der Waals surface area contributed by atoms with Gasteiger partial charge < -0.3 is 10.5 Å². The Bertz CT molecular complexity index is 558. The van der Waals surface area contributed by atoms with Gasteiger partial charge in [-0.25, -0.2) is 0 Å². The summed E-state index contributed by atoms with van der Waals surface area (Å²) in [5.74, 6) is 0.358. The fourth-order valence-electron chi connectivity index (χ4n) is 2.64. The van der Waals surface area contributed by atoms with Crippen LogP contribution in [0.25, 0.3) is 0 Å². The summed E-state index contributed by atoms with van der Waals surface area (Å²) >= 11 is 0. The van der Waals surface area contributed by atoms with Gasteiger partial charge in [0.05, 0.1) is 10.5 Å². The molecular weight excluding hydrogens is 270 g/mol. The summed E-state index contributed by atoms with van der Waals surface area (Å²) in [6.45, 7) is 0.333. The molecule has 1 aliphatic rings. The predicted molar refractivity (Wildman–Crippen MR) is 77.9 cm³/mol. The molecule has 6 nitrogen and oxygen atoms in total. The van der Waals surface area contributed by atoms with Gasteiger partial charge in [0.15, 0.2) is 0 Å². The average molecular weight is 289 g/mol. The summed E-state index contributed by atoms with van der Waals surface area (Å²) in [5, 5.41) is 19.8. The molecule has 1 aromatic carbocycles. The third kappa shape index (κ3) is 3.92. The Morgan fingerprint density at radius 2 is 2.00 bits per heavy atom. The van der Waals surface area contributed by atoms with E-state index >= 15 is 0 Å². The third-order valence-corrected chi connectivity index (χ3v) is 3.91. The van der Waals surface area contributed by atoms with Crippen molar-refractivity contribution in [2.45, 2.75) is 44.1 Å². The van der Waals surface area contributed by atoms with Crippen molar-refractivity contribution in [2.75, 3.05) is 6.61 Å². The van der Waals surface area contributed by atoms with Crippen molar-refractivity contribution in [3.63, 3.8) is 0 Å². The highest BCUT2D eigenvalue weighted by Crippen LogP contribution is 2.28. The zero-order valence-corrected chi connectivity index (χ0v) is 11.9. The lowest BCUT2D eigenvalue weighted by Gasteiger charge is -2.28. The summed E-state index contributed by atoms with van der Waals surface area (Å²) in [6, 6.07) is 5.97. The first-order chi connectivity index (χ1) is 10.0. The molecule has 1 aliphatic carbocycles. The molecule has 112 valence electrons. The summed E-state index contributed by atoms with van der Waals surface area (Å²) in [4.78, 5) is 10.2. The van der Waals surface area contributed by atoms with Crippen LogP contribution in [-0.2, 0) is 0 Å². The first-order valence-corrected chi connectivity index (χ1v) is 7.14.